The summed E-state index contributed by atoms with van der Waals surface area (Å²) >= 11 is 0. The third-order valence-corrected chi connectivity index (χ3v) is 3.79. The number of hydrogen-bond donors (Lipinski definition) is 1. The molecule has 4 rings (SSSR count). The summed E-state index contributed by atoms with van der Waals surface area (Å²) in [5, 5.41) is 5.30. The Morgan fingerprint density at radius 1 is 1.20 bits per heavy atom. The fourth-order valence-corrected chi connectivity index (χ4v) is 2.72. The number of fused-ring (bicyclic) bond motifs is 2. The van der Waals surface area contributed by atoms with Gasteiger partial charge in [-0.3, -0.25) is 9.48 Å². The average Bonchev–Trinajstić information content (AvgIpc) is 3.11. The molecule has 3 aromatic rings. The fourth-order valence-electron chi connectivity index (χ4n) is 2.72. The lowest BCUT2D eigenvalue weighted by Crippen LogP contribution is -2.38. The molecule has 0 bridgehead atoms. The van der Waals surface area contributed by atoms with Gasteiger partial charge < -0.3 is 9.88 Å². The first kappa shape index (κ1) is 11.3. The van der Waals surface area contributed by atoms with Crippen molar-refractivity contribution in [3.63, 3.8) is 0 Å². The van der Waals surface area contributed by atoms with Crippen molar-refractivity contribution in [2.75, 3.05) is 6.54 Å². The van der Waals surface area contributed by atoms with Crippen molar-refractivity contribution in [1.82, 2.24) is 19.7 Å². The Bertz CT molecular complexity index is 753. The topological polar surface area (TPSA) is 53.9 Å². The van der Waals surface area contributed by atoms with Crippen LogP contribution in [0.15, 0.2) is 42.6 Å². The van der Waals surface area contributed by atoms with E-state index in [1.54, 1.807) is 6.20 Å². The molecule has 5 nitrogen and oxygen atoms in total. The van der Waals surface area contributed by atoms with Crippen LogP contribution in [0.3, 0.4) is 0 Å². The smallest absolute Gasteiger partial charge is 0.270 e. The minimum Gasteiger partial charge on any atom is -0.351 e. The summed E-state index contributed by atoms with van der Waals surface area (Å²) in [6.07, 6.45) is 1.78. The monoisotopic (exact) mass is 266 g/mol. The zero-order chi connectivity index (χ0) is 13.5. The SMILES string of the molecule is O=C(c1cc2ccccc2[nH]1)N1CCn2nccc2C1. The van der Waals surface area contributed by atoms with E-state index in [0.717, 1.165) is 23.1 Å². The van der Waals surface area contributed by atoms with Crippen LogP contribution < -0.4 is 0 Å². The quantitative estimate of drug-likeness (QED) is 0.732. The average molecular weight is 266 g/mol. The van der Waals surface area contributed by atoms with Gasteiger partial charge in [0, 0.05) is 23.6 Å². The zero-order valence-electron chi connectivity index (χ0n) is 10.9. The highest BCUT2D eigenvalue weighted by Crippen LogP contribution is 2.18. The van der Waals surface area contributed by atoms with Crippen LogP contribution in [0.25, 0.3) is 10.9 Å². The summed E-state index contributed by atoms with van der Waals surface area (Å²) < 4.78 is 1.95. The van der Waals surface area contributed by atoms with E-state index in [2.05, 4.69) is 10.1 Å². The molecular weight excluding hydrogens is 252 g/mol. The number of carbonyl (C=O) groups excluding carboxylic acids is 1. The van der Waals surface area contributed by atoms with E-state index >= 15 is 0 Å². The Balaban J connectivity index is 1.64. The Hall–Kier alpha value is -2.56. The predicted molar refractivity (Wildman–Crippen MR) is 75.3 cm³/mol. The summed E-state index contributed by atoms with van der Waals surface area (Å²) in [5.41, 5.74) is 2.73. The number of para-hydroxylation sites is 1. The van der Waals surface area contributed by atoms with E-state index in [-0.39, 0.29) is 5.91 Å². The molecule has 100 valence electrons. The number of carbonyl (C=O) groups is 1. The third kappa shape index (κ3) is 1.71. The van der Waals surface area contributed by atoms with Gasteiger partial charge in [0.1, 0.15) is 5.69 Å². The number of nitrogens with zero attached hydrogens (tertiary/aromatic N) is 3. The molecule has 0 saturated heterocycles. The Morgan fingerprint density at radius 3 is 3.00 bits per heavy atom. The summed E-state index contributed by atoms with van der Waals surface area (Å²) in [5.74, 6) is 0.0497. The summed E-state index contributed by atoms with van der Waals surface area (Å²) in [7, 11) is 0. The maximum Gasteiger partial charge on any atom is 0.270 e. The van der Waals surface area contributed by atoms with Crippen LogP contribution in [-0.2, 0) is 13.1 Å². The lowest BCUT2D eigenvalue weighted by molar-refractivity contribution is 0.0701. The van der Waals surface area contributed by atoms with Gasteiger partial charge in [0.2, 0.25) is 0 Å². The highest BCUT2D eigenvalue weighted by atomic mass is 16.2. The van der Waals surface area contributed by atoms with E-state index in [9.17, 15) is 4.79 Å². The maximum absolute atomic E-state index is 12.6. The molecule has 2 aromatic heterocycles. The van der Waals surface area contributed by atoms with Gasteiger partial charge in [0.05, 0.1) is 18.8 Å². The molecule has 0 saturated carbocycles. The van der Waals surface area contributed by atoms with Gasteiger partial charge in [-0.1, -0.05) is 18.2 Å². The molecule has 1 aliphatic rings. The molecule has 5 heteroatoms. The molecule has 0 spiro atoms. The van der Waals surface area contributed by atoms with Crippen LogP contribution in [-0.4, -0.2) is 32.1 Å². The predicted octanol–water partition coefficient (Wildman–Crippen LogP) is 2.02. The lowest BCUT2D eigenvalue weighted by Gasteiger charge is -2.27. The van der Waals surface area contributed by atoms with Crippen molar-refractivity contribution in [3.05, 3.63) is 54.0 Å². The molecule has 0 aliphatic carbocycles. The standard InChI is InChI=1S/C15H14N4O/c20-15(14-9-11-3-1-2-4-13(11)17-14)18-7-8-19-12(10-18)5-6-16-19/h1-6,9,17H,7-8,10H2. The maximum atomic E-state index is 12.6. The second kappa shape index (κ2) is 4.23. The first-order chi connectivity index (χ1) is 9.81. The lowest BCUT2D eigenvalue weighted by atomic mass is 10.2. The molecule has 1 N–H and O–H groups in total. The van der Waals surface area contributed by atoms with Crippen molar-refractivity contribution in [1.29, 1.82) is 0 Å². The minimum absolute atomic E-state index is 0.0497. The van der Waals surface area contributed by atoms with Crippen LogP contribution in [0.4, 0.5) is 0 Å². The van der Waals surface area contributed by atoms with Crippen molar-refractivity contribution >= 4 is 16.8 Å². The number of benzene rings is 1. The van der Waals surface area contributed by atoms with Gasteiger partial charge in [-0.2, -0.15) is 5.10 Å². The van der Waals surface area contributed by atoms with Gasteiger partial charge >= 0.3 is 0 Å². The first-order valence-electron chi connectivity index (χ1n) is 6.69. The fraction of sp³-hybridized carbons (Fsp3) is 0.200. The van der Waals surface area contributed by atoms with Gasteiger partial charge in [0.15, 0.2) is 0 Å². The molecular formula is C15H14N4O. The molecule has 0 radical (unpaired) electrons. The first-order valence-corrected chi connectivity index (χ1v) is 6.69. The van der Waals surface area contributed by atoms with E-state index in [4.69, 9.17) is 0 Å². The summed E-state index contributed by atoms with van der Waals surface area (Å²) in [4.78, 5) is 17.6. The third-order valence-electron chi connectivity index (χ3n) is 3.79. The van der Waals surface area contributed by atoms with Crippen LogP contribution in [0.5, 0.6) is 0 Å². The number of aromatic nitrogens is 3. The van der Waals surface area contributed by atoms with Crippen molar-refractivity contribution < 1.29 is 4.79 Å². The van der Waals surface area contributed by atoms with Crippen molar-refractivity contribution in [2.24, 2.45) is 0 Å². The second-order valence-corrected chi connectivity index (χ2v) is 5.04. The summed E-state index contributed by atoms with van der Waals surface area (Å²) in [6.45, 7) is 2.07. The molecule has 0 unspecified atom stereocenters. The number of nitrogens with one attached hydrogen (secondary N) is 1. The Kier molecular flexibility index (Phi) is 2.39. The van der Waals surface area contributed by atoms with Gasteiger partial charge in [-0.15, -0.1) is 0 Å². The van der Waals surface area contributed by atoms with Crippen molar-refractivity contribution in [3.8, 4) is 0 Å². The number of hydrogen-bond acceptors (Lipinski definition) is 2. The second-order valence-electron chi connectivity index (χ2n) is 5.04. The minimum atomic E-state index is 0.0497. The summed E-state index contributed by atoms with van der Waals surface area (Å²) in [6, 6.07) is 11.8. The van der Waals surface area contributed by atoms with Gasteiger partial charge in [-0.05, 0) is 18.2 Å². The largest absolute Gasteiger partial charge is 0.351 e. The molecule has 0 fully saturated rings. The number of amides is 1. The van der Waals surface area contributed by atoms with Crippen LogP contribution in [0, 0.1) is 0 Å². The van der Waals surface area contributed by atoms with E-state index < -0.39 is 0 Å². The van der Waals surface area contributed by atoms with Crippen LogP contribution in [0.2, 0.25) is 0 Å². The Labute approximate surface area is 115 Å². The molecule has 3 heterocycles. The molecule has 1 aromatic carbocycles. The van der Waals surface area contributed by atoms with Crippen LogP contribution >= 0.6 is 0 Å². The molecule has 20 heavy (non-hydrogen) atoms. The number of H-pyrrole nitrogens is 1. The Morgan fingerprint density at radius 2 is 2.10 bits per heavy atom. The van der Waals surface area contributed by atoms with Gasteiger partial charge in [-0.25, -0.2) is 0 Å². The highest BCUT2D eigenvalue weighted by molar-refractivity contribution is 5.98. The number of aromatic amines is 1. The van der Waals surface area contributed by atoms with Gasteiger partial charge in [0.25, 0.3) is 5.91 Å². The van der Waals surface area contributed by atoms with Crippen LogP contribution in [0.1, 0.15) is 16.2 Å². The highest BCUT2D eigenvalue weighted by Gasteiger charge is 2.23. The number of rotatable bonds is 1. The molecule has 1 aliphatic heterocycles. The normalized spacial score (nSPS) is 14.5. The zero-order valence-corrected chi connectivity index (χ0v) is 10.9. The van der Waals surface area contributed by atoms with E-state index in [0.29, 0.717) is 18.8 Å². The van der Waals surface area contributed by atoms with E-state index in [1.807, 2.05) is 46.0 Å². The van der Waals surface area contributed by atoms with Crippen molar-refractivity contribution in [2.45, 2.75) is 13.1 Å². The molecule has 1 amide bonds. The van der Waals surface area contributed by atoms with E-state index in [1.165, 1.54) is 0 Å². The molecule has 0 atom stereocenters.